The fourth-order valence-corrected chi connectivity index (χ4v) is 3.47. The molecule has 2 fully saturated rings. The van der Waals surface area contributed by atoms with Crippen molar-refractivity contribution in [3.05, 3.63) is 41.9 Å². The van der Waals surface area contributed by atoms with Gasteiger partial charge in [0.15, 0.2) is 0 Å². The Morgan fingerprint density at radius 2 is 1.96 bits per heavy atom. The van der Waals surface area contributed by atoms with Crippen molar-refractivity contribution < 1.29 is 6.16 Å². The van der Waals surface area contributed by atoms with Gasteiger partial charge in [-0.25, -0.2) is 9.97 Å². The van der Waals surface area contributed by atoms with Crippen LogP contribution in [0.3, 0.4) is 0 Å². The van der Waals surface area contributed by atoms with Crippen LogP contribution < -0.4 is 15.4 Å². The van der Waals surface area contributed by atoms with Gasteiger partial charge in [-0.2, -0.15) is 0 Å². The van der Waals surface area contributed by atoms with Crippen LogP contribution >= 0.6 is 0 Å². The lowest BCUT2D eigenvalue weighted by Gasteiger charge is -2.34. The van der Waals surface area contributed by atoms with Crippen molar-refractivity contribution in [2.75, 3.05) is 43.4 Å². The van der Waals surface area contributed by atoms with Gasteiger partial charge in [-0.15, -0.1) is 0 Å². The molecule has 0 amide bonds. The van der Waals surface area contributed by atoms with E-state index in [1.54, 1.807) is 6.07 Å². The molecule has 1 aliphatic heterocycles. The van der Waals surface area contributed by atoms with E-state index >= 15 is 0 Å². The topological polar surface area (TPSA) is 91.4 Å². The number of nitrogens with zero attached hydrogens (tertiary/aromatic N) is 4. The summed E-state index contributed by atoms with van der Waals surface area (Å²) >= 11 is 0. The molecule has 0 bridgehead atoms. The highest BCUT2D eigenvalue weighted by Gasteiger charge is 2.40. The summed E-state index contributed by atoms with van der Waals surface area (Å²) in [5.74, 6) is 1.61. The van der Waals surface area contributed by atoms with Crippen LogP contribution in [-0.2, 0) is 0 Å². The van der Waals surface area contributed by atoms with Crippen LogP contribution in [0.1, 0.15) is 39.4 Å². The van der Waals surface area contributed by atoms with Gasteiger partial charge in [-0.3, -0.25) is 5.41 Å². The highest BCUT2D eigenvalue weighted by Crippen LogP contribution is 2.40. The van der Waals surface area contributed by atoms with Crippen molar-refractivity contribution in [2.45, 2.75) is 32.3 Å². The second-order valence-electron chi connectivity index (χ2n) is 7.86. The van der Waals surface area contributed by atoms with Gasteiger partial charge in [-0.1, -0.05) is 6.92 Å². The Hall–Kier alpha value is -2.67. The molecule has 7 nitrogen and oxygen atoms in total. The fraction of sp³-hybridized carbons (Fsp3) is 0.476. The summed E-state index contributed by atoms with van der Waals surface area (Å²) in [4.78, 5) is 13.4. The molecule has 7 heteroatoms. The first kappa shape index (κ1) is 18.7. The van der Waals surface area contributed by atoms with Crippen molar-refractivity contribution in [3.8, 4) is 5.75 Å². The quantitative estimate of drug-likeness (QED) is 0.590. The molecule has 0 unspecified atom stereocenters. The van der Waals surface area contributed by atoms with Gasteiger partial charge in [0.05, 0.1) is 11.4 Å². The third kappa shape index (κ3) is 3.94. The third-order valence-electron chi connectivity index (χ3n) is 5.66. The largest absolute Gasteiger partial charge is 0.488 e. The normalized spacial score (nSPS) is 18.7. The second-order valence-corrected chi connectivity index (χ2v) is 7.86. The Balaban J connectivity index is 0.00000240. The van der Waals surface area contributed by atoms with Gasteiger partial charge in [0.25, 0.3) is 0 Å². The molecule has 0 radical (unpaired) electrons. The molecule has 150 valence electrons. The number of piperazine rings is 1. The van der Waals surface area contributed by atoms with Crippen LogP contribution in [0, 0.1) is 5.41 Å². The van der Waals surface area contributed by atoms with E-state index in [0.717, 1.165) is 57.1 Å². The average molecular weight is 383 g/mol. The Morgan fingerprint density at radius 1 is 1.21 bits per heavy atom. The highest BCUT2D eigenvalue weighted by molar-refractivity contribution is 6.13. The Labute approximate surface area is 167 Å². The molecule has 28 heavy (non-hydrogen) atoms. The van der Waals surface area contributed by atoms with E-state index in [-0.39, 0.29) is 7.03 Å². The molecule has 1 saturated heterocycles. The number of hydrogen-bond donors (Lipinski definition) is 2. The molecule has 3 N–H and O–H groups in total. The van der Waals surface area contributed by atoms with Crippen LogP contribution in [-0.4, -0.2) is 58.9 Å². The standard InChI is InChI=1S/C21H28N6O.H2/c1-3-26-8-10-27(11-9-26)19-13-18(24-14-25-19)20(23)16-12-15(4-5-17(16)22)28-21(2)6-7-21;/h4-5,12-14,23H,3,6-11,22H2,1-2H3;1H. The maximum absolute atomic E-state index is 8.67. The Bertz CT molecular complexity index is 877. The summed E-state index contributed by atoms with van der Waals surface area (Å²) in [6.45, 7) is 9.28. The predicted octanol–water partition coefficient (Wildman–Crippen LogP) is 2.79. The average Bonchev–Trinajstić information content (AvgIpc) is 3.45. The molecule has 2 heterocycles. The van der Waals surface area contributed by atoms with E-state index < -0.39 is 0 Å². The lowest BCUT2D eigenvalue weighted by molar-refractivity contribution is 0.200. The number of nitrogen functional groups attached to an aromatic ring is 1. The predicted molar refractivity (Wildman–Crippen MR) is 114 cm³/mol. The van der Waals surface area contributed by atoms with Crippen molar-refractivity contribution in [2.24, 2.45) is 0 Å². The van der Waals surface area contributed by atoms with Crippen molar-refractivity contribution in [3.63, 3.8) is 0 Å². The molecule has 2 aliphatic rings. The van der Waals surface area contributed by atoms with E-state index in [1.807, 2.05) is 18.2 Å². The van der Waals surface area contributed by atoms with E-state index in [9.17, 15) is 0 Å². The highest BCUT2D eigenvalue weighted by atomic mass is 16.5. The summed E-state index contributed by atoms with van der Waals surface area (Å²) in [7, 11) is 0. The summed E-state index contributed by atoms with van der Waals surface area (Å²) in [5, 5.41) is 8.67. The van der Waals surface area contributed by atoms with E-state index in [1.165, 1.54) is 6.33 Å². The third-order valence-corrected chi connectivity index (χ3v) is 5.66. The fourth-order valence-electron chi connectivity index (χ4n) is 3.47. The van der Waals surface area contributed by atoms with Gasteiger partial charge >= 0.3 is 0 Å². The van der Waals surface area contributed by atoms with E-state index in [0.29, 0.717) is 22.7 Å². The van der Waals surface area contributed by atoms with Crippen LogP contribution in [0.15, 0.2) is 30.6 Å². The summed E-state index contributed by atoms with van der Waals surface area (Å²) in [6.07, 6.45) is 3.66. The van der Waals surface area contributed by atoms with Gasteiger partial charge in [0.2, 0.25) is 0 Å². The number of aromatic nitrogens is 2. The zero-order valence-electron chi connectivity index (χ0n) is 16.6. The first-order valence-corrected chi connectivity index (χ1v) is 9.94. The molecule has 0 atom stereocenters. The lowest BCUT2D eigenvalue weighted by Crippen LogP contribution is -2.46. The molecule has 2 aromatic rings. The van der Waals surface area contributed by atoms with Crippen molar-refractivity contribution in [1.29, 1.82) is 5.41 Å². The molecular weight excluding hydrogens is 352 g/mol. The maximum atomic E-state index is 8.67. The number of nitrogens with two attached hydrogens (primary N) is 1. The van der Waals surface area contributed by atoms with Crippen molar-refractivity contribution >= 4 is 17.2 Å². The number of ether oxygens (including phenoxy) is 1. The van der Waals surface area contributed by atoms with Gasteiger partial charge < -0.3 is 20.3 Å². The maximum Gasteiger partial charge on any atom is 0.132 e. The Kier molecular flexibility index (Phi) is 4.93. The van der Waals surface area contributed by atoms with Crippen LogP contribution in [0.25, 0.3) is 0 Å². The minimum absolute atomic E-state index is 0. The van der Waals surface area contributed by atoms with Gasteiger partial charge in [0, 0.05) is 44.9 Å². The minimum Gasteiger partial charge on any atom is -0.488 e. The monoisotopic (exact) mass is 382 g/mol. The minimum atomic E-state index is -0.0711. The zero-order chi connectivity index (χ0) is 19.7. The number of hydrogen-bond acceptors (Lipinski definition) is 7. The number of anilines is 2. The summed E-state index contributed by atoms with van der Waals surface area (Å²) in [6, 6.07) is 7.41. The molecular formula is C21H30N6O. The van der Waals surface area contributed by atoms with Gasteiger partial charge in [-0.05, 0) is 44.5 Å². The Morgan fingerprint density at radius 3 is 2.64 bits per heavy atom. The number of nitrogens with one attached hydrogen (secondary N) is 1. The molecule has 1 aliphatic carbocycles. The summed E-state index contributed by atoms with van der Waals surface area (Å²) < 4.78 is 6.04. The van der Waals surface area contributed by atoms with E-state index in [4.69, 9.17) is 15.9 Å². The number of benzene rings is 1. The van der Waals surface area contributed by atoms with Crippen LogP contribution in [0.5, 0.6) is 5.75 Å². The second kappa shape index (κ2) is 7.39. The first-order chi connectivity index (χ1) is 13.5. The molecule has 0 spiro atoms. The number of likely N-dealkylation sites (N-methyl/N-ethyl adjacent to an activating group) is 1. The van der Waals surface area contributed by atoms with Crippen molar-refractivity contribution in [1.82, 2.24) is 14.9 Å². The molecule has 1 aromatic heterocycles. The zero-order valence-corrected chi connectivity index (χ0v) is 16.6. The molecule has 1 aromatic carbocycles. The lowest BCUT2D eigenvalue weighted by atomic mass is 10.0. The van der Waals surface area contributed by atoms with Crippen LogP contribution in [0.2, 0.25) is 0 Å². The molecule has 4 rings (SSSR count). The summed E-state index contributed by atoms with van der Waals surface area (Å²) in [5.41, 5.74) is 8.15. The van der Waals surface area contributed by atoms with Gasteiger partial charge in [0.1, 0.15) is 23.5 Å². The van der Waals surface area contributed by atoms with E-state index in [2.05, 4.69) is 33.6 Å². The smallest absolute Gasteiger partial charge is 0.132 e. The van der Waals surface area contributed by atoms with Crippen LogP contribution in [0.4, 0.5) is 11.5 Å². The number of rotatable bonds is 6. The molecule has 1 saturated carbocycles. The first-order valence-electron chi connectivity index (χ1n) is 9.94. The SMILES string of the molecule is CCN1CCN(c2cc(C(=N)c3cc(OC4(C)CC4)ccc3N)ncn2)CC1.[HH].